The maximum Gasteiger partial charge on any atom is 0.522 e. The quantitative estimate of drug-likeness (QED) is 0.799. The van der Waals surface area contributed by atoms with E-state index in [0.29, 0.717) is 12.5 Å². The molecule has 0 amide bonds. The van der Waals surface area contributed by atoms with Gasteiger partial charge in [-0.15, -0.1) is 13.2 Å². The third-order valence-electron chi connectivity index (χ3n) is 3.27. The first kappa shape index (κ1) is 15.7. The standard InChI is InChI=1S/C12H23F3N2O/c1-10(2)17(6-7-18-12(13,14)15)9-11-4-3-5-16-8-11/h10-11,16H,3-9H2,1-2H3. The molecule has 0 radical (unpaired) electrons. The Morgan fingerprint density at radius 3 is 2.61 bits per heavy atom. The molecule has 1 heterocycles. The van der Waals surface area contributed by atoms with E-state index in [4.69, 9.17) is 0 Å². The number of nitrogens with one attached hydrogen (secondary N) is 1. The van der Waals surface area contributed by atoms with Crippen LogP contribution in [0.5, 0.6) is 0 Å². The Morgan fingerprint density at radius 1 is 1.39 bits per heavy atom. The lowest BCUT2D eigenvalue weighted by molar-refractivity contribution is -0.325. The smallest absolute Gasteiger partial charge is 0.316 e. The second-order valence-corrected chi connectivity index (χ2v) is 5.10. The van der Waals surface area contributed by atoms with Crippen LogP contribution in [0.15, 0.2) is 0 Å². The van der Waals surface area contributed by atoms with Crippen molar-refractivity contribution < 1.29 is 17.9 Å². The van der Waals surface area contributed by atoms with Crippen LogP contribution in [0.3, 0.4) is 0 Å². The number of alkyl halides is 3. The maximum atomic E-state index is 11.9. The summed E-state index contributed by atoms with van der Waals surface area (Å²) < 4.78 is 39.6. The lowest BCUT2D eigenvalue weighted by Gasteiger charge is -2.32. The fourth-order valence-corrected chi connectivity index (χ4v) is 2.25. The molecular formula is C12H23F3N2O. The zero-order chi connectivity index (χ0) is 13.6. The van der Waals surface area contributed by atoms with Gasteiger partial charge in [0.15, 0.2) is 0 Å². The molecule has 1 saturated heterocycles. The van der Waals surface area contributed by atoms with Crippen molar-refractivity contribution in [2.24, 2.45) is 5.92 Å². The molecule has 0 spiro atoms. The van der Waals surface area contributed by atoms with Crippen molar-refractivity contribution in [1.29, 1.82) is 0 Å². The van der Waals surface area contributed by atoms with Gasteiger partial charge < -0.3 is 5.32 Å². The van der Waals surface area contributed by atoms with E-state index in [2.05, 4.69) is 15.0 Å². The number of rotatable bonds is 6. The van der Waals surface area contributed by atoms with Crippen LogP contribution in [0.4, 0.5) is 13.2 Å². The Bertz CT molecular complexity index is 228. The molecule has 3 nitrogen and oxygen atoms in total. The molecule has 18 heavy (non-hydrogen) atoms. The molecule has 1 aliphatic heterocycles. The van der Waals surface area contributed by atoms with Gasteiger partial charge in [0.2, 0.25) is 0 Å². The number of ether oxygens (including phenoxy) is 1. The minimum Gasteiger partial charge on any atom is -0.316 e. The highest BCUT2D eigenvalue weighted by Gasteiger charge is 2.29. The Labute approximate surface area is 107 Å². The van der Waals surface area contributed by atoms with Crippen LogP contribution in [-0.4, -0.2) is 50.1 Å². The summed E-state index contributed by atoms with van der Waals surface area (Å²) in [6.07, 6.45) is -2.22. The van der Waals surface area contributed by atoms with Gasteiger partial charge in [-0.3, -0.25) is 9.64 Å². The molecular weight excluding hydrogens is 245 g/mol. The summed E-state index contributed by atoms with van der Waals surface area (Å²) in [5, 5.41) is 3.32. The van der Waals surface area contributed by atoms with Crippen molar-refractivity contribution in [3.8, 4) is 0 Å². The summed E-state index contributed by atoms with van der Waals surface area (Å²) in [5.41, 5.74) is 0. The second-order valence-electron chi connectivity index (χ2n) is 5.10. The molecule has 0 bridgehead atoms. The van der Waals surface area contributed by atoms with Crippen LogP contribution < -0.4 is 5.32 Å². The number of piperidine rings is 1. The summed E-state index contributed by atoms with van der Waals surface area (Å²) in [6, 6.07) is 0.240. The normalized spacial score (nSPS) is 21.8. The van der Waals surface area contributed by atoms with E-state index in [0.717, 1.165) is 32.5 Å². The van der Waals surface area contributed by atoms with Gasteiger partial charge in [0.05, 0.1) is 6.61 Å². The highest BCUT2D eigenvalue weighted by molar-refractivity contribution is 4.74. The second kappa shape index (κ2) is 7.31. The van der Waals surface area contributed by atoms with E-state index < -0.39 is 6.36 Å². The molecule has 1 rings (SSSR count). The molecule has 0 aromatic heterocycles. The Morgan fingerprint density at radius 2 is 2.11 bits per heavy atom. The van der Waals surface area contributed by atoms with Gasteiger partial charge in [0.1, 0.15) is 0 Å². The van der Waals surface area contributed by atoms with Crippen molar-refractivity contribution in [3.05, 3.63) is 0 Å². The molecule has 108 valence electrons. The van der Waals surface area contributed by atoms with Crippen LogP contribution in [0, 0.1) is 5.92 Å². The van der Waals surface area contributed by atoms with Crippen molar-refractivity contribution >= 4 is 0 Å². The van der Waals surface area contributed by atoms with Crippen LogP contribution in [0.1, 0.15) is 26.7 Å². The fraction of sp³-hybridized carbons (Fsp3) is 1.00. The topological polar surface area (TPSA) is 24.5 Å². The molecule has 1 atom stereocenters. The first-order valence-corrected chi connectivity index (χ1v) is 6.54. The van der Waals surface area contributed by atoms with Crippen molar-refractivity contribution in [1.82, 2.24) is 10.2 Å². The molecule has 0 aliphatic carbocycles. The number of hydrogen-bond acceptors (Lipinski definition) is 3. The molecule has 0 aromatic carbocycles. The summed E-state index contributed by atoms with van der Waals surface area (Å²) in [5.74, 6) is 0.534. The highest BCUT2D eigenvalue weighted by atomic mass is 19.4. The predicted molar refractivity (Wildman–Crippen MR) is 64.3 cm³/mol. The van der Waals surface area contributed by atoms with Crippen molar-refractivity contribution in [2.45, 2.75) is 39.1 Å². The minimum absolute atomic E-state index is 0.240. The van der Waals surface area contributed by atoms with Crippen LogP contribution in [0.2, 0.25) is 0 Å². The summed E-state index contributed by atoms with van der Waals surface area (Å²) in [4.78, 5) is 2.06. The van der Waals surface area contributed by atoms with E-state index in [1.807, 2.05) is 13.8 Å². The molecule has 1 N–H and O–H groups in total. The molecule has 6 heteroatoms. The van der Waals surface area contributed by atoms with Crippen molar-refractivity contribution in [3.63, 3.8) is 0 Å². The molecule has 0 saturated carbocycles. The van der Waals surface area contributed by atoms with Gasteiger partial charge in [-0.25, -0.2) is 0 Å². The number of hydrogen-bond donors (Lipinski definition) is 1. The Balaban J connectivity index is 2.30. The zero-order valence-electron chi connectivity index (χ0n) is 11.1. The van der Waals surface area contributed by atoms with Gasteiger partial charge in [-0.2, -0.15) is 0 Å². The summed E-state index contributed by atoms with van der Waals surface area (Å²) in [6.45, 7) is 6.90. The van der Waals surface area contributed by atoms with Crippen LogP contribution in [-0.2, 0) is 4.74 Å². The van der Waals surface area contributed by atoms with Gasteiger partial charge in [-0.1, -0.05) is 0 Å². The van der Waals surface area contributed by atoms with Crippen LogP contribution in [0.25, 0.3) is 0 Å². The van der Waals surface area contributed by atoms with E-state index in [-0.39, 0.29) is 12.6 Å². The maximum absolute atomic E-state index is 11.9. The van der Waals surface area contributed by atoms with E-state index in [9.17, 15) is 13.2 Å². The molecule has 0 aromatic rings. The lowest BCUT2D eigenvalue weighted by Crippen LogP contribution is -2.42. The Kier molecular flexibility index (Phi) is 6.38. The third-order valence-corrected chi connectivity index (χ3v) is 3.27. The van der Waals surface area contributed by atoms with Crippen molar-refractivity contribution in [2.75, 3.05) is 32.8 Å². The first-order chi connectivity index (χ1) is 8.38. The highest BCUT2D eigenvalue weighted by Crippen LogP contribution is 2.17. The Hall–Kier alpha value is -0.330. The van der Waals surface area contributed by atoms with E-state index in [1.54, 1.807) is 0 Å². The zero-order valence-corrected chi connectivity index (χ0v) is 11.1. The molecule has 1 aliphatic rings. The predicted octanol–water partition coefficient (Wildman–Crippen LogP) is 2.23. The fourth-order valence-electron chi connectivity index (χ4n) is 2.25. The van der Waals surface area contributed by atoms with Gasteiger partial charge >= 0.3 is 6.36 Å². The summed E-state index contributed by atoms with van der Waals surface area (Å²) in [7, 11) is 0. The third kappa shape index (κ3) is 6.56. The van der Waals surface area contributed by atoms with Gasteiger partial charge in [0.25, 0.3) is 0 Å². The number of nitrogens with zero attached hydrogens (tertiary/aromatic N) is 1. The molecule has 1 unspecified atom stereocenters. The average Bonchev–Trinajstić information content (AvgIpc) is 2.27. The average molecular weight is 268 g/mol. The van der Waals surface area contributed by atoms with Crippen LogP contribution >= 0.6 is 0 Å². The molecule has 1 fully saturated rings. The van der Waals surface area contributed by atoms with E-state index >= 15 is 0 Å². The van der Waals surface area contributed by atoms with E-state index in [1.165, 1.54) is 0 Å². The van der Waals surface area contributed by atoms with Gasteiger partial charge in [-0.05, 0) is 45.7 Å². The summed E-state index contributed by atoms with van der Waals surface area (Å²) >= 11 is 0. The number of halogens is 3. The first-order valence-electron chi connectivity index (χ1n) is 6.54. The largest absolute Gasteiger partial charge is 0.522 e. The van der Waals surface area contributed by atoms with Gasteiger partial charge in [0, 0.05) is 19.1 Å². The monoisotopic (exact) mass is 268 g/mol. The lowest BCUT2D eigenvalue weighted by atomic mass is 9.98. The minimum atomic E-state index is -4.52. The SMILES string of the molecule is CC(C)N(CCOC(F)(F)F)CC1CCCNC1.